The van der Waals surface area contributed by atoms with Gasteiger partial charge in [0, 0.05) is 5.92 Å². The summed E-state index contributed by atoms with van der Waals surface area (Å²) < 4.78 is 49.1. The molecule has 1 aliphatic heterocycles. The number of rotatable bonds is 2. The van der Waals surface area contributed by atoms with E-state index in [0.717, 1.165) is 6.07 Å². The summed E-state index contributed by atoms with van der Waals surface area (Å²) in [7, 11) is 1.20. The van der Waals surface area contributed by atoms with Crippen molar-refractivity contribution in [3.05, 3.63) is 57.5 Å². The SMILES string of the molecule is COC(=O)C1=COC(C)=C(C)C1c1ccc(Cl)c(C(F)(F)F)c1. The standard InChI is InChI=1S/C16H14ClF3O3/c1-8-9(2)23-7-11(15(21)22-3)14(8)10-4-5-13(17)12(6-10)16(18,19)20/h4-7,14H,1-3H3. The first-order valence-electron chi connectivity index (χ1n) is 6.65. The molecule has 23 heavy (non-hydrogen) atoms. The van der Waals surface area contributed by atoms with Crippen LogP contribution in [0.2, 0.25) is 5.02 Å². The Kier molecular flexibility index (Phi) is 4.75. The molecule has 0 N–H and O–H groups in total. The van der Waals surface area contributed by atoms with Gasteiger partial charge in [-0.05, 0) is 37.1 Å². The van der Waals surface area contributed by atoms with Crippen molar-refractivity contribution in [3.63, 3.8) is 0 Å². The minimum atomic E-state index is -4.58. The second kappa shape index (κ2) is 6.28. The van der Waals surface area contributed by atoms with Crippen molar-refractivity contribution >= 4 is 17.6 Å². The van der Waals surface area contributed by atoms with Crippen LogP contribution in [-0.4, -0.2) is 13.1 Å². The summed E-state index contributed by atoms with van der Waals surface area (Å²) in [4.78, 5) is 11.9. The highest BCUT2D eigenvalue weighted by molar-refractivity contribution is 6.31. The van der Waals surface area contributed by atoms with Crippen molar-refractivity contribution in [3.8, 4) is 0 Å². The van der Waals surface area contributed by atoms with Gasteiger partial charge in [0.25, 0.3) is 0 Å². The van der Waals surface area contributed by atoms with Gasteiger partial charge < -0.3 is 9.47 Å². The van der Waals surface area contributed by atoms with Crippen LogP contribution >= 0.6 is 11.6 Å². The highest BCUT2D eigenvalue weighted by atomic mass is 35.5. The lowest BCUT2D eigenvalue weighted by Gasteiger charge is -2.26. The molecule has 124 valence electrons. The van der Waals surface area contributed by atoms with Gasteiger partial charge in [-0.2, -0.15) is 13.2 Å². The molecule has 0 radical (unpaired) electrons. The van der Waals surface area contributed by atoms with Gasteiger partial charge in [0.05, 0.1) is 29.0 Å². The lowest BCUT2D eigenvalue weighted by Crippen LogP contribution is -2.19. The highest BCUT2D eigenvalue weighted by Crippen LogP contribution is 2.41. The summed E-state index contributed by atoms with van der Waals surface area (Å²) in [6.07, 6.45) is -3.37. The molecule has 1 aliphatic rings. The molecule has 2 rings (SSSR count). The van der Waals surface area contributed by atoms with Crippen LogP contribution in [0, 0.1) is 0 Å². The first kappa shape index (κ1) is 17.4. The fraction of sp³-hybridized carbons (Fsp3) is 0.312. The molecular formula is C16H14ClF3O3. The fourth-order valence-corrected chi connectivity index (χ4v) is 2.63. The summed E-state index contributed by atoms with van der Waals surface area (Å²) in [5.41, 5.74) is 0.103. The van der Waals surface area contributed by atoms with Crippen LogP contribution < -0.4 is 0 Å². The van der Waals surface area contributed by atoms with Crippen LogP contribution in [0.15, 0.2) is 41.4 Å². The van der Waals surface area contributed by atoms with Crippen LogP contribution in [0.3, 0.4) is 0 Å². The number of carbonyl (C=O) groups is 1. The molecule has 0 spiro atoms. The quantitative estimate of drug-likeness (QED) is 0.720. The Bertz CT molecular complexity index is 705. The van der Waals surface area contributed by atoms with Crippen LogP contribution in [0.5, 0.6) is 0 Å². The van der Waals surface area contributed by atoms with E-state index in [4.69, 9.17) is 16.3 Å². The van der Waals surface area contributed by atoms with E-state index >= 15 is 0 Å². The van der Waals surface area contributed by atoms with Crippen molar-refractivity contribution in [2.45, 2.75) is 25.9 Å². The Hall–Kier alpha value is -1.95. The molecule has 0 saturated carbocycles. The van der Waals surface area contributed by atoms with Crippen molar-refractivity contribution in [1.29, 1.82) is 0 Å². The minimum absolute atomic E-state index is 0.131. The minimum Gasteiger partial charge on any atom is -0.469 e. The number of halogens is 4. The molecule has 0 aromatic heterocycles. The molecule has 1 heterocycles. The molecule has 0 saturated heterocycles. The molecule has 1 atom stereocenters. The maximum Gasteiger partial charge on any atom is 0.417 e. The number of ether oxygens (including phenoxy) is 2. The Morgan fingerprint density at radius 3 is 2.52 bits per heavy atom. The van der Waals surface area contributed by atoms with Gasteiger partial charge in [0.15, 0.2) is 0 Å². The van der Waals surface area contributed by atoms with E-state index in [1.807, 2.05) is 0 Å². The van der Waals surface area contributed by atoms with Gasteiger partial charge in [0.1, 0.15) is 6.26 Å². The van der Waals surface area contributed by atoms with E-state index < -0.39 is 28.6 Å². The number of allylic oxidation sites excluding steroid dienone is 2. The third-order valence-electron chi connectivity index (χ3n) is 3.71. The second-order valence-electron chi connectivity index (χ2n) is 5.09. The van der Waals surface area contributed by atoms with Crippen molar-refractivity contribution in [2.24, 2.45) is 0 Å². The van der Waals surface area contributed by atoms with Gasteiger partial charge in [0.2, 0.25) is 0 Å². The lowest BCUT2D eigenvalue weighted by atomic mass is 9.83. The molecule has 7 heteroatoms. The Morgan fingerprint density at radius 1 is 1.30 bits per heavy atom. The smallest absolute Gasteiger partial charge is 0.417 e. The summed E-state index contributed by atoms with van der Waals surface area (Å²) >= 11 is 5.65. The fourth-order valence-electron chi connectivity index (χ4n) is 2.40. The molecule has 1 unspecified atom stereocenters. The van der Waals surface area contributed by atoms with Crippen LogP contribution in [0.25, 0.3) is 0 Å². The largest absolute Gasteiger partial charge is 0.469 e. The van der Waals surface area contributed by atoms with Crippen molar-refractivity contribution in [1.82, 2.24) is 0 Å². The summed E-state index contributed by atoms with van der Waals surface area (Å²) in [6.45, 7) is 3.37. The molecule has 0 aliphatic carbocycles. The third-order valence-corrected chi connectivity index (χ3v) is 4.04. The highest BCUT2D eigenvalue weighted by Gasteiger charge is 2.36. The maximum absolute atomic E-state index is 13.1. The average molecular weight is 347 g/mol. The van der Waals surface area contributed by atoms with E-state index in [1.165, 1.54) is 25.5 Å². The van der Waals surface area contributed by atoms with Gasteiger partial charge in [-0.15, -0.1) is 0 Å². The molecule has 1 aromatic carbocycles. The van der Waals surface area contributed by atoms with Gasteiger partial charge >= 0.3 is 12.1 Å². The zero-order chi connectivity index (χ0) is 17.4. The third kappa shape index (κ3) is 3.37. The van der Waals surface area contributed by atoms with Crippen molar-refractivity contribution in [2.75, 3.05) is 7.11 Å². The molecular weight excluding hydrogens is 333 g/mol. The van der Waals surface area contributed by atoms with E-state index in [2.05, 4.69) is 4.74 Å². The van der Waals surface area contributed by atoms with Crippen LogP contribution in [-0.2, 0) is 20.4 Å². The number of methoxy groups -OCH3 is 1. The predicted molar refractivity (Wildman–Crippen MR) is 78.8 cm³/mol. The van der Waals surface area contributed by atoms with Crippen molar-refractivity contribution < 1.29 is 27.4 Å². The second-order valence-corrected chi connectivity index (χ2v) is 5.50. The first-order valence-corrected chi connectivity index (χ1v) is 7.03. The zero-order valence-electron chi connectivity index (χ0n) is 12.6. The Balaban J connectivity index is 2.59. The van der Waals surface area contributed by atoms with E-state index in [0.29, 0.717) is 16.9 Å². The molecule has 3 nitrogen and oxygen atoms in total. The summed E-state index contributed by atoms with van der Waals surface area (Å²) in [5.74, 6) is -0.828. The summed E-state index contributed by atoms with van der Waals surface area (Å²) in [6, 6.07) is 3.58. The van der Waals surface area contributed by atoms with Crippen LogP contribution in [0.1, 0.15) is 30.9 Å². The molecule has 0 fully saturated rings. The molecule has 0 amide bonds. The number of hydrogen-bond acceptors (Lipinski definition) is 3. The normalized spacial score (nSPS) is 18.4. The number of benzene rings is 1. The van der Waals surface area contributed by atoms with Crippen LogP contribution in [0.4, 0.5) is 13.2 Å². The number of hydrogen-bond donors (Lipinski definition) is 0. The predicted octanol–water partition coefficient (Wildman–Crippen LogP) is 4.82. The summed E-state index contributed by atoms with van der Waals surface area (Å²) in [5, 5.41) is -0.393. The van der Waals surface area contributed by atoms with E-state index in [9.17, 15) is 18.0 Å². The van der Waals surface area contributed by atoms with Gasteiger partial charge in [-0.1, -0.05) is 17.7 Å². The molecule has 1 aromatic rings. The Morgan fingerprint density at radius 2 is 1.96 bits per heavy atom. The number of esters is 1. The lowest BCUT2D eigenvalue weighted by molar-refractivity contribution is -0.137. The monoisotopic (exact) mass is 346 g/mol. The number of alkyl halides is 3. The van der Waals surface area contributed by atoms with E-state index in [-0.39, 0.29) is 5.57 Å². The molecule has 0 bridgehead atoms. The average Bonchev–Trinajstić information content (AvgIpc) is 2.48. The topological polar surface area (TPSA) is 35.5 Å². The number of carbonyl (C=O) groups excluding carboxylic acids is 1. The van der Waals surface area contributed by atoms with E-state index in [1.54, 1.807) is 13.8 Å². The van der Waals surface area contributed by atoms with Gasteiger partial charge in [-0.3, -0.25) is 0 Å². The van der Waals surface area contributed by atoms with Gasteiger partial charge in [-0.25, -0.2) is 4.79 Å². The Labute approximate surface area is 136 Å². The maximum atomic E-state index is 13.1. The first-order chi connectivity index (χ1) is 10.7. The zero-order valence-corrected chi connectivity index (χ0v) is 13.4.